The van der Waals surface area contributed by atoms with Crippen molar-refractivity contribution >= 4 is 33.4 Å². The summed E-state index contributed by atoms with van der Waals surface area (Å²) in [6.45, 7) is 2.47. The van der Waals surface area contributed by atoms with Gasteiger partial charge in [-0.05, 0) is 19.1 Å². The van der Waals surface area contributed by atoms with Gasteiger partial charge >= 0.3 is 0 Å². The third-order valence-electron chi connectivity index (χ3n) is 2.61. The summed E-state index contributed by atoms with van der Waals surface area (Å²) in [5, 5.41) is 0.199. The fraction of sp³-hybridized carbons (Fsp3) is 0.500. The molecule has 0 radical (unpaired) electrons. The van der Waals surface area contributed by atoms with Crippen LogP contribution in [0.4, 0.5) is 0 Å². The predicted molar refractivity (Wildman–Crippen MR) is 69.9 cm³/mol. The van der Waals surface area contributed by atoms with Gasteiger partial charge in [0.05, 0.1) is 4.90 Å². The molecule has 0 N–H and O–H groups in total. The van der Waals surface area contributed by atoms with E-state index in [-0.39, 0.29) is 16.1 Å². The Morgan fingerprint density at radius 3 is 3.00 bits per heavy atom. The number of thioether (sulfide) groups is 1. The number of halogens is 1. The molecule has 94 valence electrons. The summed E-state index contributed by atoms with van der Waals surface area (Å²) in [7, 11) is -3.44. The van der Waals surface area contributed by atoms with Crippen molar-refractivity contribution in [2.24, 2.45) is 0 Å². The molecule has 17 heavy (non-hydrogen) atoms. The first-order chi connectivity index (χ1) is 8.01. The molecule has 0 aliphatic carbocycles. The SMILES string of the molecule is CC1CSCCN1S(=O)(=O)c1ccnc(Cl)c1. The molecule has 0 amide bonds. The van der Waals surface area contributed by atoms with Gasteiger partial charge in [0.2, 0.25) is 10.0 Å². The maximum absolute atomic E-state index is 12.4. The average Bonchev–Trinajstić information content (AvgIpc) is 2.29. The van der Waals surface area contributed by atoms with Gasteiger partial charge in [0, 0.05) is 30.3 Å². The minimum Gasteiger partial charge on any atom is -0.244 e. The predicted octanol–water partition coefficient (Wildman–Crippen LogP) is 1.86. The van der Waals surface area contributed by atoms with Crippen molar-refractivity contribution in [2.45, 2.75) is 17.9 Å². The molecule has 0 saturated carbocycles. The Balaban J connectivity index is 2.35. The van der Waals surface area contributed by atoms with E-state index in [0.717, 1.165) is 11.5 Å². The van der Waals surface area contributed by atoms with Crippen molar-refractivity contribution in [2.75, 3.05) is 18.1 Å². The van der Waals surface area contributed by atoms with Crippen molar-refractivity contribution in [1.82, 2.24) is 9.29 Å². The second-order valence-electron chi connectivity index (χ2n) is 3.85. The minimum absolute atomic E-state index is 0.0192. The Morgan fingerprint density at radius 2 is 2.35 bits per heavy atom. The lowest BCUT2D eigenvalue weighted by atomic mass is 10.4. The molecule has 1 atom stereocenters. The van der Waals surface area contributed by atoms with Crippen LogP contribution in [0.25, 0.3) is 0 Å². The van der Waals surface area contributed by atoms with Gasteiger partial charge in [-0.15, -0.1) is 0 Å². The molecule has 2 heterocycles. The Morgan fingerprint density at radius 1 is 1.59 bits per heavy atom. The van der Waals surface area contributed by atoms with Crippen molar-refractivity contribution in [3.8, 4) is 0 Å². The second kappa shape index (κ2) is 5.14. The number of pyridine rings is 1. The van der Waals surface area contributed by atoms with Gasteiger partial charge in [-0.25, -0.2) is 13.4 Å². The molecule has 4 nitrogen and oxygen atoms in total. The standard InChI is InChI=1S/C10H13ClN2O2S2/c1-8-7-16-5-4-13(8)17(14,15)9-2-3-12-10(11)6-9/h2-3,6,8H,4-5,7H2,1H3. The third kappa shape index (κ3) is 2.76. The van der Waals surface area contributed by atoms with Gasteiger partial charge in [-0.3, -0.25) is 0 Å². The van der Waals surface area contributed by atoms with E-state index in [1.807, 2.05) is 6.92 Å². The van der Waals surface area contributed by atoms with Gasteiger partial charge in [0.15, 0.2) is 0 Å². The zero-order valence-corrected chi connectivity index (χ0v) is 11.7. The molecule has 0 aromatic carbocycles. The lowest BCUT2D eigenvalue weighted by Crippen LogP contribution is -2.44. The highest BCUT2D eigenvalue weighted by atomic mass is 35.5. The molecule has 1 aliphatic heterocycles. The summed E-state index contributed by atoms with van der Waals surface area (Å²) in [6.07, 6.45) is 1.42. The van der Waals surface area contributed by atoms with E-state index in [2.05, 4.69) is 4.98 Å². The summed E-state index contributed by atoms with van der Waals surface area (Å²) in [4.78, 5) is 4.01. The Kier molecular flexibility index (Phi) is 3.97. The van der Waals surface area contributed by atoms with Gasteiger partial charge in [-0.2, -0.15) is 16.1 Å². The zero-order chi connectivity index (χ0) is 12.5. The van der Waals surface area contributed by atoms with Crippen LogP contribution in [-0.2, 0) is 10.0 Å². The summed E-state index contributed by atoms with van der Waals surface area (Å²) >= 11 is 7.50. The van der Waals surface area contributed by atoms with Crippen LogP contribution in [0.2, 0.25) is 5.15 Å². The lowest BCUT2D eigenvalue weighted by molar-refractivity contribution is 0.367. The van der Waals surface area contributed by atoms with E-state index in [1.165, 1.54) is 22.6 Å². The molecule has 1 aliphatic rings. The average molecular weight is 293 g/mol. The van der Waals surface area contributed by atoms with Gasteiger partial charge < -0.3 is 0 Å². The molecular weight excluding hydrogens is 280 g/mol. The van der Waals surface area contributed by atoms with Crippen LogP contribution in [0.5, 0.6) is 0 Å². The fourth-order valence-corrected chi connectivity index (χ4v) is 4.86. The number of sulfonamides is 1. The minimum atomic E-state index is -3.44. The van der Waals surface area contributed by atoms with Gasteiger partial charge in [0.1, 0.15) is 5.15 Å². The monoisotopic (exact) mass is 292 g/mol. The molecule has 0 bridgehead atoms. The Hall–Kier alpha value is -0.300. The number of hydrogen-bond acceptors (Lipinski definition) is 4. The van der Waals surface area contributed by atoms with Crippen molar-refractivity contribution in [3.63, 3.8) is 0 Å². The molecular formula is C10H13ClN2O2S2. The topological polar surface area (TPSA) is 50.3 Å². The normalized spacial score (nSPS) is 22.6. The van der Waals surface area contributed by atoms with Gasteiger partial charge in [0.25, 0.3) is 0 Å². The molecule has 1 saturated heterocycles. The van der Waals surface area contributed by atoms with Crippen LogP contribution < -0.4 is 0 Å². The summed E-state index contributed by atoms with van der Waals surface area (Å²) in [5.41, 5.74) is 0. The van der Waals surface area contributed by atoms with E-state index in [4.69, 9.17) is 11.6 Å². The molecule has 0 spiro atoms. The molecule has 7 heteroatoms. The first-order valence-corrected chi connectivity index (χ1v) is 8.20. The first-order valence-electron chi connectivity index (χ1n) is 5.23. The van der Waals surface area contributed by atoms with E-state index in [9.17, 15) is 8.42 Å². The third-order valence-corrected chi connectivity index (χ3v) is 6.02. The maximum atomic E-state index is 12.4. The molecule has 2 rings (SSSR count). The highest BCUT2D eigenvalue weighted by molar-refractivity contribution is 7.99. The highest BCUT2D eigenvalue weighted by Crippen LogP contribution is 2.25. The van der Waals surface area contributed by atoms with Gasteiger partial charge in [-0.1, -0.05) is 11.6 Å². The molecule has 1 fully saturated rings. The summed E-state index contributed by atoms with van der Waals surface area (Å²) in [6, 6.07) is 2.90. The Labute approximate surface area is 110 Å². The summed E-state index contributed by atoms with van der Waals surface area (Å²) < 4.78 is 26.3. The fourth-order valence-electron chi connectivity index (χ4n) is 1.75. The molecule has 1 aromatic rings. The van der Waals surface area contributed by atoms with Crippen molar-refractivity contribution in [1.29, 1.82) is 0 Å². The molecule has 1 aromatic heterocycles. The van der Waals surface area contributed by atoms with Crippen LogP contribution in [-0.4, -0.2) is 41.8 Å². The van der Waals surface area contributed by atoms with E-state index in [0.29, 0.717) is 6.54 Å². The zero-order valence-electron chi connectivity index (χ0n) is 9.34. The van der Waals surface area contributed by atoms with E-state index >= 15 is 0 Å². The van der Waals surface area contributed by atoms with Crippen LogP contribution in [0.15, 0.2) is 23.2 Å². The van der Waals surface area contributed by atoms with Crippen LogP contribution in [0.3, 0.4) is 0 Å². The number of nitrogens with zero attached hydrogens (tertiary/aromatic N) is 2. The Bertz CT molecular complexity index is 507. The highest BCUT2D eigenvalue weighted by Gasteiger charge is 2.31. The van der Waals surface area contributed by atoms with Crippen LogP contribution in [0.1, 0.15) is 6.92 Å². The van der Waals surface area contributed by atoms with Crippen LogP contribution in [0, 0.1) is 0 Å². The lowest BCUT2D eigenvalue weighted by Gasteiger charge is -2.31. The first kappa shape index (κ1) is 13.1. The number of hydrogen-bond donors (Lipinski definition) is 0. The molecule has 1 unspecified atom stereocenters. The largest absolute Gasteiger partial charge is 0.244 e. The second-order valence-corrected chi connectivity index (χ2v) is 7.28. The number of rotatable bonds is 2. The number of aromatic nitrogens is 1. The maximum Gasteiger partial charge on any atom is 0.243 e. The smallest absolute Gasteiger partial charge is 0.243 e. The van der Waals surface area contributed by atoms with Crippen LogP contribution >= 0.6 is 23.4 Å². The van der Waals surface area contributed by atoms with Crippen molar-refractivity contribution < 1.29 is 8.42 Å². The van der Waals surface area contributed by atoms with E-state index < -0.39 is 10.0 Å². The van der Waals surface area contributed by atoms with Crippen molar-refractivity contribution in [3.05, 3.63) is 23.5 Å². The summed E-state index contributed by atoms with van der Waals surface area (Å²) in [5.74, 6) is 1.67. The van der Waals surface area contributed by atoms with E-state index in [1.54, 1.807) is 11.8 Å². The quantitative estimate of drug-likeness (QED) is 0.781.